The highest BCUT2D eigenvalue weighted by Gasteiger charge is 2.39. The number of ether oxygens (including phenoxy) is 1. The lowest BCUT2D eigenvalue weighted by molar-refractivity contribution is -0.124. The third kappa shape index (κ3) is 5.29. The number of halogens is 1. The zero-order valence-corrected chi connectivity index (χ0v) is 18.0. The number of nitrogens with one attached hydrogen (secondary N) is 1. The second-order valence-corrected chi connectivity index (χ2v) is 9.58. The monoisotopic (exact) mass is 436 g/mol. The Balaban J connectivity index is 1.64. The first-order valence-corrected chi connectivity index (χ1v) is 11.4. The minimum absolute atomic E-state index is 0.0940. The molecular weight excluding hydrogens is 412 g/mol. The van der Waals surface area contributed by atoms with Crippen molar-refractivity contribution in [3.8, 4) is 5.75 Å². The SMILES string of the molecule is CC(C)Oc1ccc(CNC(=O)[C@@H]2CCCN2S(=O)(=O)c2ccc(Cl)cc2)cc1. The van der Waals surface area contributed by atoms with Crippen molar-refractivity contribution in [2.75, 3.05) is 6.54 Å². The molecule has 1 heterocycles. The molecule has 0 radical (unpaired) electrons. The van der Waals surface area contributed by atoms with Crippen LogP contribution in [0.25, 0.3) is 0 Å². The molecule has 1 amide bonds. The number of nitrogens with zero attached hydrogens (tertiary/aromatic N) is 1. The molecule has 1 N–H and O–H groups in total. The summed E-state index contributed by atoms with van der Waals surface area (Å²) in [5.74, 6) is 0.480. The van der Waals surface area contributed by atoms with Crippen LogP contribution in [0.15, 0.2) is 53.4 Å². The molecule has 0 unspecified atom stereocenters. The first kappa shape index (κ1) is 21.6. The molecule has 2 aromatic rings. The van der Waals surface area contributed by atoms with Crippen LogP contribution in [0.4, 0.5) is 0 Å². The van der Waals surface area contributed by atoms with E-state index in [9.17, 15) is 13.2 Å². The molecule has 3 rings (SSSR count). The molecule has 8 heteroatoms. The summed E-state index contributed by atoms with van der Waals surface area (Å²) in [5, 5.41) is 3.32. The second-order valence-electron chi connectivity index (χ2n) is 7.26. The van der Waals surface area contributed by atoms with Gasteiger partial charge in [0.15, 0.2) is 0 Å². The van der Waals surface area contributed by atoms with Crippen molar-refractivity contribution in [2.24, 2.45) is 0 Å². The minimum Gasteiger partial charge on any atom is -0.491 e. The Bertz CT molecular complexity index is 944. The molecular formula is C21H25ClN2O4S. The Morgan fingerprint density at radius 2 is 1.83 bits per heavy atom. The predicted molar refractivity (Wildman–Crippen MR) is 112 cm³/mol. The lowest BCUT2D eigenvalue weighted by Gasteiger charge is -2.23. The maximum atomic E-state index is 12.9. The van der Waals surface area contributed by atoms with E-state index in [-0.39, 0.29) is 16.9 Å². The van der Waals surface area contributed by atoms with E-state index < -0.39 is 16.1 Å². The molecule has 1 aliphatic rings. The molecule has 1 aliphatic heterocycles. The maximum absolute atomic E-state index is 12.9. The van der Waals surface area contributed by atoms with Crippen molar-refractivity contribution in [3.05, 3.63) is 59.1 Å². The molecule has 0 aliphatic carbocycles. The highest BCUT2D eigenvalue weighted by atomic mass is 35.5. The Hall–Kier alpha value is -2.09. The van der Waals surface area contributed by atoms with Gasteiger partial charge in [0, 0.05) is 18.1 Å². The van der Waals surface area contributed by atoms with Crippen molar-refractivity contribution in [2.45, 2.75) is 50.3 Å². The van der Waals surface area contributed by atoms with Crippen molar-refractivity contribution in [1.82, 2.24) is 9.62 Å². The number of amides is 1. The van der Waals surface area contributed by atoms with Gasteiger partial charge in [-0.1, -0.05) is 23.7 Å². The highest BCUT2D eigenvalue weighted by Crippen LogP contribution is 2.27. The standard InChI is InChI=1S/C21H25ClN2O4S/c1-15(2)28-18-9-5-16(6-10-18)14-23-21(25)20-4-3-13-24(20)29(26,27)19-11-7-17(22)8-12-19/h5-12,15,20H,3-4,13-14H2,1-2H3,(H,23,25)/t20-/m0/s1. The lowest BCUT2D eigenvalue weighted by atomic mass is 10.2. The number of sulfonamides is 1. The molecule has 156 valence electrons. The summed E-state index contributed by atoms with van der Waals surface area (Å²) in [6, 6.07) is 12.8. The van der Waals surface area contributed by atoms with Gasteiger partial charge >= 0.3 is 0 Å². The molecule has 0 aromatic heterocycles. The van der Waals surface area contributed by atoms with Gasteiger partial charge in [0.05, 0.1) is 11.0 Å². The van der Waals surface area contributed by atoms with Gasteiger partial charge in [0.2, 0.25) is 15.9 Å². The van der Waals surface area contributed by atoms with Crippen LogP contribution in [0.3, 0.4) is 0 Å². The third-order valence-corrected chi connectivity index (χ3v) is 6.86. The topological polar surface area (TPSA) is 75.7 Å². The van der Waals surface area contributed by atoms with Gasteiger partial charge in [-0.15, -0.1) is 0 Å². The van der Waals surface area contributed by atoms with Crippen molar-refractivity contribution in [1.29, 1.82) is 0 Å². The van der Waals surface area contributed by atoms with Crippen LogP contribution < -0.4 is 10.1 Å². The summed E-state index contributed by atoms with van der Waals surface area (Å²) < 4.78 is 32.8. The fourth-order valence-electron chi connectivity index (χ4n) is 3.30. The summed E-state index contributed by atoms with van der Waals surface area (Å²) in [6.07, 6.45) is 1.24. The number of carbonyl (C=O) groups excluding carboxylic acids is 1. The normalized spacial score (nSPS) is 17.4. The van der Waals surface area contributed by atoms with E-state index in [2.05, 4.69) is 5.32 Å². The summed E-state index contributed by atoms with van der Waals surface area (Å²) in [6.45, 7) is 4.57. The summed E-state index contributed by atoms with van der Waals surface area (Å²) in [4.78, 5) is 12.9. The Labute approximate surface area is 176 Å². The van der Waals surface area contributed by atoms with Gasteiger partial charge in [-0.05, 0) is 68.7 Å². The molecule has 29 heavy (non-hydrogen) atoms. The number of carbonyl (C=O) groups is 1. The zero-order valence-electron chi connectivity index (χ0n) is 16.5. The Morgan fingerprint density at radius 1 is 1.17 bits per heavy atom. The van der Waals surface area contributed by atoms with Crippen LogP contribution in [0.2, 0.25) is 5.02 Å². The lowest BCUT2D eigenvalue weighted by Crippen LogP contribution is -2.45. The second kappa shape index (κ2) is 9.15. The van der Waals surface area contributed by atoms with Gasteiger partial charge in [-0.3, -0.25) is 4.79 Å². The summed E-state index contributed by atoms with van der Waals surface area (Å²) in [7, 11) is -3.75. The number of hydrogen-bond donors (Lipinski definition) is 1. The molecule has 2 aromatic carbocycles. The van der Waals surface area contributed by atoms with Gasteiger partial charge < -0.3 is 10.1 Å². The quantitative estimate of drug-likeness (QED) is 0.719. The fourth-order valence-corrected chi connectivity index (χ4v) is 5.08. The Morgan fingerprint density at radius 3 is 2.45 bits per heavy atom. The van der Waals surface area contributed by atoms with E-state index in [1.54, 1.807) is 0 Å². The van der Waals surface area contributed by atoms with Crippen molar-refractivity contribution in [3.63, 3.8) is 0 Å². The van der Waals surface area contributed by atoms with Crippen molar-refractivity contribution >= 4 is 27.5 Å². The number of hydrogen-bond acceptors (Lipinski definition) is 4. The predicted octanol–water partition coefficient (Wildman–Crippen LogP) is 3.60. The van der Waals surface area contributed by atoms with Crippen LogP contribution in [-0.4, -0.2) is 37.3 Å². The van der Waals surface area contributed by atoms with Crippen LogP contribution in [0.5, 0.6) is 5.75 Å². The van der Waals surface area contributed by atoms with Crippen molar-refractivity contribution < 1.29 is 17.9 Å². The van der Waals surface area contributed by atoms with Crippen LogP contribution >= 0.6 is 11.6 Å². The average molecular weight is 437 g/mol. The first-order valence-electron chi connectivity index (χ1n) is 9.58. The Kier molecular flexibility index (Phi) is 6.82. The molecule has 1 fully saturated rings. The first-order chi connectivity index (χ1) is 13.8. The van der Waals surface area contributed by atoms with E-state index in [1.807, 2.05) is 38.1 Å². The van der Waals surface area contributed by atoms with Gasteiger partial charge in [-0.2, -0.15) is 4.31 Å². The summed E-state index contributed by atoms with van der Waals surface area (Å²) in [5.41, 5.74) is 0.916. The maximum Gasteiger partial charge on any atom is 0.243 e. The van der Waals surface area contributed by atoms with Crippen LogP contribution in [0, 0.1) is 0 Å². The van der Waals surface area contributed by atoms with Gasteiger partial charge in [-0.25, -0.2) is 8.42 Å². The van der Waals surface area contributed by atoms with Crippen LogP contribution in [-0.2, 0) is 21.4 Å². The van der Waals surface area contributed by atoms with E-state index in [4.69, 9.17) is 16.3 Å². The van der Waals surface area contributed by atoms with E-state index >= 15 is 0 Å². The molecule has 1 saturated heterocycles. The van der Waals surface area contributed by atoms with Gasteiger partial charge in [0.1, 0.15) is 11.8 Å². The number of benzene rings is 2. The molecule has 6 nitrogen and oxygen atoms in total. The smallest absolute Gasteiger partial charge is 0.243 e. The zero-order chi connectivity index (χ0) is 21.0. The molecule has 0 spiro atoms. The van der Waals surface area contributed by atoms with Gasteiger partial charge in [0.25, 0.3) is 0 Å². The molecule has 0 saturated carbocycles. The van der Waals surface area contributed by atoms with Crippen LogP contribution in [0.1, 0.15) is 32.3 Å². The molecule has 0 bridgehead atoms. The minimum atomic E-state index is -3.75. The summed E-state index contributed by atoms with van der Waals surface area (Å²) >= 11 is 5.85. The van der Waals surface area contributed by atoms with E-state index in [0.29, 0.717) is 31.0 Å². The highest BCUT2D eigenvalue weighted by molar-refractivity contribution is 7.89. The largest absolute Gasteiger partial charge is 0.491 e. The molecule has 1 atom stereocenters. The fraction of sp³-hybridized carbons (Fsp3) is 0.381. The van der Waals surface area contributed by atoms with E-state index in [1.165, 1.54) is 28.6 Å². The average Bonchev–Trinajstić information content (AvgIpc) is 3.18. The van der Waals surface area contributed by atoms with E-state index in [0.717, 1.165) is 11.3 Å². The third-order valence-electron chi connectivity index (χ3n) is 4.69. The number of rotatable bonds is 7.